The van der Waals surface area contributed by atoms with Crippen molar-refractivity contribution in [1.29, 1.82) is 0 Å². The van der Waals surface area contributed by atoms with Crippen LogP contribution in [0, 0.1) is 13.8 Å². The molecule has 21 heavy (non-hydrogen) atoms. The molecule has 1 unspecified atom stereocenters. The van der Waals surface area contributed by atoms with Crippen LogP contribution in [-0.4, -0.2) is 11.1 Å². The van der Waals surface area contributed by atoms with Crippen LogP contribution in [0.15, 0.2) is 36.4 Å². The van der Waals surface area contributed by atoms with Crippen LogP contribution in [0.3, 0.4) is 0 Å². The van der Waals surface area contributed by atoms with E-state index in [0.717, 1.165) is 16.7 Å². The first-order valence-corrected chi connectivity index (χ1v) is 7.38. The molecule has 0 fully saturated rings. The van der Waals surface area contributed by atoms with Crippen LogP contribution in [0.1, 0.15) is 28.2 Å². The first kappa shape index (κ1) is 15.9. The van der Waals surface area contributed by atoms with Gasteiger partial charge in [0.05, 0.1) is 5.92 Å². The van der Waals surface area contributed by atoms with Crippen LogP contribution in [0.5, 0.6) is 0 Å². The maximum Gasteiger partial charge on any atom is 0.311 e. The quantitative estimate of drug-likeness (QED) is 0.857. The summed E-state index contributed by atoms with van der Waals surface area (Å²) in [7, 11) is 0. The molecule has 0 spiro atoms. The number of aliphatic carboxylic acids is 1. The molecule has 2 rings (SSSR count). The smallest absolute Gasteiger partial charge is 0.311 e. The highest BCUT2D eigenvalue weighted by Crippen LogP contribution is 2.34. The Kier molecular flexibility index (Phi) is 4.92. The molecule has 0 heterocycles. The molecule has 0 saturated carbocycles. The Hall–Kier alpha value is -1.51. The van der Waals surface area contributed by atoms with Gasteiger partial charge < -0.3 is 5.11 Å². The zero-order valence-electron chi connectivity index (χ0n) is 11.9. The molecule has 0 aliphatic rings. The highest BCUT2D eigenvalue weighted by Gasteiger charge is 2.25. The predicted molar refractivity (Wildman–Crippen MR) is 86.5 cm³/mol. The van der Waals surface area contributed by atoms with Gasteiger partial charge in [-0.25, -0.2) is 0 Å². The average Bonchev–Trinajstić information content (AvgIpc) is 2.41. The summed E-state index contributed by atoms with van der Waals surface area (Å²) in [6.07, 6.45) is 0.367. The highest BCUT2D eigenvalue weighted by atomic mass is 35.5. The SMILES string of the molecule is Cc1ccc(C)c(CC(C(=O)O)c2c(Cl)cccc2Cl)c1. The van der Waals surface area contributed by atoms with E-state index in [0.29, 0.717) is 22.0 Å². The highest BCUT2D eigenvalue weighted by molar-refractivity contribution is 6.36. The van der Waals surface area contributed by atoms with Crippen LogP contribution in [-0.2, 0) is 11.2 Å². The number of halogens is 2. The topological polar surface area (TPSA) is 37.3 Å². The summed E-state index contributed by atoms with van der Waals surface area (Å²) >= 11 is 12.3. The summed E-state index contributed by atoms with van der Waals surface area (Å²) in [4.78, 5) is 11.7. The van der Waals surface area contributed by atoms with Gasteiger partial charge in [0.2, 0.25) is 0 Å². The van der Waals surface area contributed by atoms with Gasteiger partial charge in [0.25, 0.3) is 0 Å². The molecule has 0 aliphatic carbocycles. The maximum atomic E-state index is 11.7. The van der Waals surface area contributed by atoms with Crippen LogP contribution < -0.4 is 0 Å². The third kappa shape index (κ3) is 3.58. The van der Waals surface area contributed by atoms with Crippen LogP contribution in [0.2, 0.25) is 10.0 Å². The van der Waals surface area contributed by atoms with E-state index in [1.165, 1.54) is 0 Å². The lowest BCUT2D eigenvalue weighted by molar-refractivity contribution is -0.138. The van der Waals surface area contributed by atoms with Crippen molar-refractivity contribution in [3.05, 3.63) is 68.7 Å². The molecule has 2 nitrogen and oxygen atoms in total. The number of benzene rings is 2. The lowest BCUT2D eigenvalue weighted by Gasteiger charge is -2.17. The van der Waals surface area contributed by atoms with Crippen molar-refractivity contribution < 1.29 is 9.90 Å². The monoisotopic (exact) mass is 322 g/mol. The van der Waals surface area contributed by atoms with E-state index < -0.39 is 11.9 Å². The van der Waals surface area contributed by atoms with Gasteiger partial charge in [-0.05, 0) is 43.5 Å². The summed E-state index contributed by atoms with van der Waals surface area (Å²) < 4.78 is 0. The zero-order chi connectivity index (χ0) is 15.6. The Bertz CT molecular complexity index is 660. The summed E-state index contributed by atoms with van der Waals surface area (Å²) in [6, 6.07) is 11.1. The molecule has 2 aromatic rings. The van der Waals surface area contributed by atoms with Gasteiger partial charge >= 0.3 is 5.97 Å². The third-order valence-electron chi connectivity index (χ3n) is 3.57. The van der Waals surface area contributed by atoms with E-state index in [9.17, 15) is 9.90 Å². The minimum absolute atomic E-state index is 0.367. The normalized spacial score (nSPS) is 12.2. The van der Waals surface area contributed by atoms with Gasteiger partial charge in [0.15, 0.2) is 0 Å². The van der Waals surface area contributed by atoms with E-state index in [-0.39, 0.29) is 0 Å². The van der Waals surface area contributed by atoms with Gasteiger partial charge in [-0.15, -0.1) is 0 Å². The van der Waals surface area contributed by atoms with E-state index in [1.807, 2.05) is 32.0 Å². The van der Waals surface area contributed by atoms with Crippen molar-refractivity contribution in [2.24, 2.45) is 0 Å². The first-order chi connectivity index (χ1) is 9.90. The number of carboxylic acid groups (broad SMARTS) is 1. The number of carboxylic acids is 1. The standard InChI is InChI=1S/C17H16Cl2O2/c1-10-6-7-11(2)12(8-10)9-13(17(20)21)16-14(18)4-3-5-15(16)19/h3-8,13H,9H2,1-2H3,(H,20,21). The second-order valence-electron chi connectivity index (χ2n) is 5.16. The van der Waals surface area contributed by atoms with Crippen molar-refractivity contribution in [3.63, 3.8) is 0 Å². The van der Waals surface area contributed by atoms with Crippen molar-refractivity contribution in [2.45, 2.75) is 26.2 Å². The molecule has 4 heteroatoms. The molecule has 0 aromatic heterocycles. The lowest BCUT2D eigenvalue weighted by atomic mass is 9.89. The Morgan fingerprint density at radius 2 is 1.76 bits per heavy atom. The predicted octanol–water partition coefficient (Wildman–Crippen LogP) is 5.02. The summed E-state index contributed by atoms with van der Waals surface area (Å²) in [5, 5.41) is 10.4. The second kappa shape index (κ2) is 6.50. The Morgan fingerprint density at radius 3 is 2.33 bits per heavy atom. The van der Waals surface area contributed by atoms with E-state index in [2.05, 4.69) is 0 Å². The van der Waals surface area contributed by atoms with Crippen molar-refractivity contribution in [1.82, 2.24) is 0 Å². The summed E-state index contributed by atoms with van der Waals surface area (Å²) in [5.74, 6) is -1.68. The van der Waals surface area contributed by atoms with E-state index in [1.54, 1.807) is 18.2 Å². The van der Waals surface area contributed by atoms with Gasteiger partial charge in [-0.1, -0.05) is 53.0 Å². The molecule has 0 radical (unpaired) electrons. The molecule has 0 aliphatic heterocycles. The molecule has 1 atom stereocenters. The Balaban J connectivity index is 2.46. The number of hydrogen-bond acceptors (Lipinski definition) is 1. The van der Waals surface area contributed by atoms with Gasteiger partial charge in [-0.3, -0.25) is 4.79 Å². The fraction of sp³-hybridized carbons (Fsp3) is 0.235. The third-order valence-corrected chi connectivity index (χ3v) is 4.23. The van der Waals surface area contributed by atoms with Gasteiger partial charge in [0, 0.05) is 15.6 Å². The fourth-order valence-electron chi connectivity index (χ4n) is 2.40. The molecular formula is C17H16Cl2O2. The van der Waals surface area contributed by atoms with Crippen molar-refractivity contribution in [3.8, 4) is 0 Å². The van der Waals surface area contributed by atoms with Crippen molar-refractivity contribution >= 4 is 29.2 Å². The summed E-state index contributed by atoms with van der Waals surface area (Å²) in [6.45, 7) is 3.96. The zero-order valence-corrected chi connectivity index (χ0v) is 13.4. The Morgan fingerprint density at radius 1 is 1.14 bits per heavy atom. The van der Waals surface area contributed by atoms with Crippen LogP contribution in [0.4, 0.5) is 0 Å². The molecule has 0 amide bonds. The average molecular weight is 323 g/mol. The molecule has 2 aromatic carbocycles. The van der Waals surface area contributed by atoms with Crippen molar-refractivity contribution in [2.75, 3.05) is 0 Å². The largest absolute Gasteiger partial charge is 0.481 e. The minimum Gasteiger partial charge on any atom is -0.481 e. The lowest BCUT2D eigenvalue weighted by Crippen LogP contribution is -2.16. The molecular weight excluding hydrogens is 307 g/mol. The number of aryl methyl sites for hydroxylation is 2. The number of carbonyl (C=O) groups is 1. The fourth-order valence-corrected chi connectivity index (χ4v) is 3.06. The van der Waals surface area contributed by atoms with E-state index in [4.69, 9.17) is 23.2 Å². The Labute approximate surface area is 134 Å². The summed E-state index contributed by atoms with van der Waals surface area (Å²) in [5.41, 5.74) is 3.65. The number of hydrogen-bond donors (Lipinski definition) is 1. The minimum atomic E-state index is -0.925. The van der Waals surface area contributed by atoms with Gasteiger partial charge in [0.1, 0.15) is 0 Å². The molecule has 0 saturated heterocycles. The second-order valence-corrected chi connectivity index (χ2v) is 5.97. The molecule has 1 N–H and O–H groups in total. The van der Waals surface area contributed by atoms with Crippen LogP contribution >= 0.6 is 23.2 Å². The van der Waals surface area contributed by atoms with Gasteiger partial charge in [-0.2, -0.15) is 0 Å². The molecule has 110 valence electrons. The maximum absolute atomic E-state index is 11.7. The molecule has 0 bridgehead atoms. The van der Waals surface area contributed by atoms with E-state index >= 15 is 0 Å². The first-order valence-electron chi connectivity index (χ1n) is 6.63. The van der Waals surface area contributed by atoms with Crippen LogP contribution in [0.25, 0.3) is 0 Å². The number of rotatable bonds is 4.